The molecule has 0 saturated carbocycles. The van der Waals surface area contributed by atoms with Gasteiger partial charge in [-0.3, -0.25) is 4.79 Å². The number of sulfone groups is 1. The number of carbonyl (C=O) groups excluding carboxylic acids is 1. The number of nitrogen functional groups attached to an aromatic ring is 1. The van der Waals surface area contributed by atoms with Crippen LogP contribution in [0, 0.1) is 0 Å². The van der Waals surface area contributed by atoms with Crippen molar-refractivity contribution in [3.8, 4) is 0 Å². The molecule has 1 aromatic heterocycles. The number of rotatable bonds is 4. The molecule has 8 heteroatoms. The van der Waals surface area contributed by atoms with Crippen molar-refractivity contribution in [2.24, 2.45) is 0 Å². The number of imidazole rings is 1. The molecule has 0 aliphatic heterocycles. The molecule has 20 heavy (non-hydrogen) atoms. The summed E-state index contributed by atoms with van der Waals surface area (Å²) >= 11 is 0. The number of nitrogens with one attached hydrogen (secondary N) is 1. The van der Waals surface area contributed by atoms with Crippen LogP contribution in [0.1, 0.15) is 6.42 Å². The fraction of sp³-hybridized carbons (Fsp3) is 0.333. The summed E-state index contributed by atoms with van der Waals surface area (Å²) in [5, 5.41) is 2.52. The molecule has 2 aromatic rings. The zero-order valence-electron chi connectivity index (χ0n) is 11.3. The maximum Gasteiger partial charge on any atom is 0.221 e. The number of carbonyl (C=O) groups is 1. The summed E-state index contributed by atoms with van der Waals surface area (Å²) in [6.07, 6.45) is 1.37. The van der Waals surface area contributed by atoms with E-state index in [0.717, 1.165) is 6.26 Å². The molecule has 0 aliphatic rings. The summed E-state index contributed by atoms with van der Waals surface area (Å²) in [4.78, 5) is 15.6. The molecule has 0 fully saturated rings. The van der Waals surface area contributed by atoms with E-state index >= 15 is 0 Å². The highest BCUT2D eigenvalue weighted by molar-refractivity contribution is 7.91. The molecule has 108 valence electrons. The minimum atomic E-state index is -3.38. The number of aromatic nitrogens is 2. The summed E-state index contributed by atoms with van der Waals surface area (Å²) in [5.41, 5.74) is 6.76. The Morgan fingerprint density at radius 1 is 1.45 bits per heavy atom. The molecule has 1 heterocycles. The molecule has 0 saturated heterocycles. The van der Waals surface area contributed by atoms with Crippen LogP contribution in [-0.4, -0.2) is 37.2 Å². The lowest BCUT2D eigenvalue weighted by molar-refractivity contribution is -0.120. The van der Waals surface area contributed by atoms with Gasteiger partial charge in [0.2, 0.25) is 11.9 Å². The molecule has 0 spiro atoms. The molecule has 2 rings (SSSR count). The second-order valence-electron chi connectivity index (χ2n) is 4.44. The Morgan fingerprint density at radius 3 is 2.75 bits per heavy atom. The van der Waals surface area contributed by atoms with Gasteiger partial charge in [-0.15, -0.1) is 0 Å². The fourth-order valence-corrected chi connectivity index (χ4v) is 2.84. The topological polar surface area (TPSA) is 107 Å². The molecule has 7 nitrogen and oxygen atoms in total. The predicted octanol–water partition coefficient (Wildman–Crippen LogP) is 0.158. The Labute approximate surface area is 116 Å². The van der Waals surface area contributed by atoms with Gasteiger partial charge in [0.15, 0.2) is 9.84 Å². The van der Waals surface area contributed by atoms with Crippen molar-refractivity contribution in [2.45, 2.75) is 17.9 Å². The fourth-order valence-electron chi connectivity index (χ4n) is 2.01. The molecule has 0 atom stereocenters. The van der Waals surface area contributed by atoms with Crippen LogP contribution >= 0.6 is 0 Å². The maximum atomic E-state index is 11.7. The lowest BCUT2D eigenvalue weighted by Crippen LogP contribution is -2.19. The van der Waals surface area contributed by atoms with Crippen molar-refractivity contribution in [2.75, 3.05) is 19.0 Å². The van der Waals surface area contributed by atoms with Gasteiger partial charge in [0.05, 0.1) is 10.4 Å². The van der Waals surface area contributed by atoms with Gasteiger partial charge < -0.3 is 15.6 Å². The minimum Gasteiger partial charge on any atom is -0.369 e. The van der Waals surface area contributed by atoms with Crippen molar-refractivity contribution in [3.05, 3.63) is 18.2 Å². The van der Waals surface area contributed by atoms with E-state index in [1.54, 1.807) is 23.7 Å². The quantitative estimate of drug-likeness (QED) is 0.835. The summed E-state index contributed by atoms with van der Waals surface area (Å²) < 4.78 is 25.1. The summed E-state index contributed by atoms with van der Waals surface area (Å²) in [5.74, 6) is 0.0746. The number of benzene rings is 1. The Hall–Kier alpha value is -2.09. The largest absolute Gasteiger partial charge is 0.369 e. The predicted molar refractivity (Wildman–Crippen MR) is 75.9 cm³/mol. The highest BCUT2D eigenvalue weighted by atomic mass is 32.2. The minimum absolute atomic E-state index is 0.120. The molecular weight excluding hydrogens is 280 g/mol. The van der Waals surface area contributed by atoms with Crippen LogP contribution in [0.3, 0.4) is 0 Å². The van der Waals surface area contributed by atoms with E-state index < -0.39 is 9.84 Å². The first kappa shape index (κ1) is 14.3. The van der Waals surface area contributed by atoms with Crippen molar-refractivity contribution in [1.82, 2.24) is 14.9 Å². The molecule has 0 unspecified atom stereocenters. The van der Waals surface area contributed by atoms with Crippen LogP contribution in [0.15, 0.2) is 23.1 Å². The molecule has 3 N–H and O–H groups in total. The Balaban J connectivity index is 2.53. The van der Waals surface area contributed by atoms with Gasteiger partial charge in [-0.25, -0.2) is 13.4 Å². The monoisotopic (exact) mass is 296 g/mol. The van der Waals surface area contributed by atoms with Crippen LogP contribution < -0.4 is 11.1 Å². The number of nitrogens with zero attached hydrogens (tertiary/aromatic N) is 2. The third kappa shape index (κ3) is 2.60. The van der Waals surface area contributed by atoms with Crippen molar-refractivity contribution < 1.29 is 13.2 Å². The summed E-state index contributed by atoms with van der Waals surface area (Å²) in [7, 11) is -1.82. The first-order valence-electron chi connectivity index (χ1n) is 6.00. The number of amides is 1. The van der Waals surface area contributed by atoms with Gasteiger partial charge in [0.1, 0.15) is 5.52 Å². The Kier molecular flexibility index (Phi) is 3.67. The van der Waals surface area contributed by atoms with E-state index in [1.165, 1.54) is 6.07 Å². The number of anilines is 1. The third-order valence-corrected chi connectivity index (χ3v) is 4.14. The lowest BCUT2D eigenvalue weighted by atomic mass is 10.3. The molecule has 0 bridgehead atoms. The van der Waals surface area contributed by atoms with E-state index in [-0.39, 0.29) is 23.2 Å². The van der Waals surface area contributed by atoms with E-state index in [4.69, 9.17) is 5.73 Å². The van der Waals surface area contributed by atoms with E-state index in [9.17, 15) is 13.2 Å². The second-order valence-corrected chi connectivity index (χ2v) is 6.43. The van der Waals surface area contributed by atoms with Gasteiger partial charge in [0, 0.05) is 26.3 Å². The van der Waals surface area contributed by atoms with Gasteiger partial charge in [-0.2, -0.15) is 0 Å². The average molecular weight is 296 g/mol. The van der Waals surface area contributed by atoms with Crippen molar-refractivity contribution >= 4 is 32.7 Å². The van der Waals surface area contributed by atoms with Crippen LogP contribution in [0.4, 0.5) is 5.95 Å². The van der Waals surface area contributed by atoms with Crippen LogP contribution in [0.2, 0.25) is 0 Å². The number of nitrogens with two attached hydrogens (primary N) is 1. The van der Waals surface area contributed by atoms with E-state index in [2.05, 4.69) is 10.3 Å². The SMILES string of the molecule is CNC(=O)CCn1c(N)nc2c(S(C)(=O)=O)cccc21. The van der Waals surface area contributed by atoms with Gasteiger partial charge in [-0.1, -0.05) is 6.07 Å². The van der Waals surface area contributed by atoms with Crippen molar-refractivity contribution in [3.63, 3.8) is 0 Å². The first-order chi connectivity index (χ1) is 9.34. The zero-order valence-corrected chi connectivity index (χ0v) is 12.1. The Morgan fingerprint density at radius 2 is 2.15 bits per heavy atom. The second kappa shape index (κ2) is 5.12. The number of para-hydroxylation sites is 1. The summed E-state index contributed by atoms with van der Waals surface area (Å²) in [6.45, 7) is 0.342. The molecule has 1 aromatic carbocycles. The first-order valence-corrected chi connectivity index (χ1v) is 7.89. The number of fused-ring (bicyclic) bond motifs is 1. The van der Waals surface area contributed by atoms with Gasteiger partial charge >= 0.3 is 0 Å². The van der Waals surface area contributed by atoms with Crippen LogP contribution in [0.5, 0.6) is 0 Å². The molecular formula is C12H16N4O3S. The number of hydrogen-bond donors (Lipinski definition) is 2. The zero-order chi connectivity index (χ0) is 14.9. The maximum absolute atomic E-state index is 11.7. The van der Waals surface area contributed by atoms with Gasteiger partial charge in [-0.05, 0) is 12.1 Å². The summed E-state index contributed by atoms with van der Waals surface area (Å²) in [6, 6.07) is 4.86. The van der Waals surface area contributed by atoms with Crippen molar-refractivity contribution in [1.29, 1.82) is 0 Å². The smallest absolute Gasteiger partial charge is 0.221 e. The van der Waals surface area contributed by atoms with Gasteiger partial charge in [0.25, 0.3) is 0 Å². The van der Waals surface area contributed by atoms with Crippen LogP contribution in [-0.2, 0) is 21.2 Å². The Bertz CT molecular complexity index is 764. The molecule has 0 radical (unpaired) electrons. The number of hydrogen-bond acceptors (Lipinski definition) is 5. The third-order valence-electron chi connectivity index (χ3n) is 3.01. The normalized spacial score (nSPS) is 11.7. The van der Waals surface area contributed by atoms with Crippen LogP contribution in [0.25, 0.3) is 11.0 Å². The molecule has 0 aliphatic carbocycles. The lowest BCUT2D eigenvalue weighted by Gasteiger charge is -2.06. The molecule has 1 amide bonds. The standard InChI is InChI=1S/C12H16N4O3S/c1-14-10(17)6-7-16-8-4-3-5-9(20(2,18)19)11(8)15-12(16)13/h3-5H,6-7H2,1-2H3,(H2,13,15)(H,14,17). The van der Waals surface area contributed by atoms with E-state index in [1.807, 2.05) is 0 Å². The number of aryl methyl sites for hydroxylation is 1. The van der Waals surface area contributed by atoms with E-state index in [0.29, 0.717) is 17.6 Å². The average Bonchev–Trinajstić information content (AvgIpc) is 2.70. The highest BCUT2D eigenvalue weighted by Gasteiger charge is 2.17. The highest BCUT2D eigenvalue weighted by Crippen LogP contribution is 2.24.